The molecule has 0 atom stereocenters. The predicted octanol–water partition coefficient (Wildman–Crippen LogP) is 5.57. The predicted molar refractivity (Wildman–Crippen MR) is 94.7 cm³/mol. The molecule has 0 aliphatic rings. The molecule has 0 fully saturated rings. The number of pyridine rings is 1. The number of aryl methyl sites for hydroxylation is 1. The van der Waals surface area contributed by atoms with Crippen LogP contribution >= 0.6 is 11.6 Å². The Morgan fingerprint density at radius 1 is 1.00 bits per heavy atom. The molecule has 2 aromatic heterocycles. The molecule has 0 spiro atoms. The SMILES string of the molecule is Cc1nc2ccc(Cl)cn2c1N=Nc1cccc2c(O)cccc12. The Morgan fingerprint density at radius 3 is 2.67 bits per heavy atom. The first kappa shape index (κ1) is 14.7. The van der Waals surface area contributed by atoms with Gasteiger partial charge in [0.05, 0.1) is 16.4 Å². The van der Waals surface area contributed by atoms with Crippen LogP contribution in [0.3, 0.4) is 0 Å². The topological polar surface area (TPSA) is 62.2 Å². The quantitative estimate of drug-likeness (QED) is 0.486. The van der Waals surface area contributed by atoms with Crippen molar-refractivity contribution in [3.8, 4) is 5.75 Å². The van der Waals surface area contributed by atoms with Crippen molar-refractivity contribution in [2.24, 2.45) is 10.2 Å². The molecule has 1 N–H and O–H groups in total. The van der Waals surface area contributed by atoms with E-state index in [1.54, 1.807) is 24.4 Å². The molecule has 0 aliphatic heterocycles. The van der Waals surface area contributed by atoms with Gasteiger partial charge < -0.3 is 5.11 Å². The third kappa shape index (κ3) is 2.39. The third-order valence-corrected chi connectivity index (χ3v) is 4.08. The Balaban J connectivity index is 1.86. The molecule has 0 unspecified atom stereocenters. The number of phenolic OH excluding ortho intramolecular Hbond substituents is 1. The maximum absolute atomic E-state index is 9.96. The number of halogens is 1. The van der Waals surface area contributed by atoms with Crippen LogP contribution in [0.25, 0.3) is 16.4 Å². The van der Waals surface area contributed by atoms with Crippen LogP contribution in [0.5, 0.6) is 5.75 Å². The van der Waals surface area contributed by atoms with Gasteiger partial charge in [-0.3, -0.25) is 4.40 Å². The van der Waals surface area contributed by atoms with Gasteiger partial charge in [0.15, 0.2) is 5.82 Å². The fraction of sp³-hybridized carbons (Fsp3) is 0.0556. The third-order valence-electron chi connectivity index (χ3n) is 3.85. The van der Waals surface area contributed by atoms with Crippen molar-refractivity contribution < 1.29 is 5.11 Å². The number of benzene rings is 2. The summed E-state index contributed by atoms with van der Waals surface area (Å²) in [7, 11) is 0. The van der Waals surface area contributed by atoms with Crippen LogP contribution in [-0.4, -0.2) is 14.5 Å². The van der Waals surface area contributed by atoms with Crippen molar-refractivity contribution in [2.75, 3.05) is 0 Å². The van der Waals surface area contributed by atoms with Crippen LogP contribution in [0.2, 0.25) is 5.02 Å². The van der Waals surface area contributed by atoms with Crippen molar-refractivity contribution in [2.45, 2.75) is 6.92 Å². The van der Waals surface area contributed by atoms with Crippen LogP contribution in [0.1, 0.15) is 5.69 Å². The first-order valence-electron chi connectivity index (χ1n) is 7.40. The maximum atomic E-state index is 9.96. The van der Waals surface area contributed by atoms with Gasteiger partial charge in [-0.2, -0.15) is 0 Å². The molecule has 0 radical (unpaired) electrons. The van der Waals surface area contributed by atoms with E-state index in [0.29, 0.717) is 16.5 Å². The highest BCUT2D eigenvalue weighted by Crippen LogP contribution is 2.33. The molecule has 0 amide bonds. The van der Waals surface area contributed by atoms with E-state index in [1.165, 1.54) is 0 Å². The summed E-state index contributed by atoms with van der Waals surface area (Å²) in [6, 6.07) is 14.5. The van der Waals surface area contributed by atoms with Gasteiger partial charge in [0.25, 0.3) is 0 Å². The molecule has 118 valence electrons. The molecule has 5 nitrogen and oxygen atoms in total. The van der Waals surface area contributed by atoms with Crippen molar-refractivity contribution in [3.05, 3.63) is 65.4 Å². The number of aromatic nitrogens is 2. The number of rotatable bonds is 2. The number of imidazole rings is 1. The van der Waals surface area contributed by atoms with Crippen molar-refractivity contribution >= 4 is 39.5 Å². The van der Waals surface area contributed by atoms with E-state index < -0.39 is 0 Å². The van der Waals surface area contributed by atoms with Gasteiger partial charge >= 0.3 is 0 Å². The first-order chi connectivity index (χ1) is 11.6. The van der Waals surface area contributed by atoms with E-state index in [-0.39, 0.29) is 5.75 Å². The van der Waals surface area contributed by atoms with Gasteiger partial charge in [-0.25, -0.2) is 4.98 Å². The van der Waals surface area contributed by atoms with E-state index in [2.05, 4.69) is 15.2 Å². The van der Waals surface area contributed by atoms with E-state index in [0.717, 1.165) is 22.1 Å². The zero-order chi connectivity index (χ0) is 16.7. The lowest BCUT2D eigenvalue weighted by Crippen LogP contribution is -1.82. The van der Waals surface area contributed by atoms with Crippen LogP contribution in [-0.2, 0) is 0 Å². The molecule has 2 heterocycles. The normalized spacial score (nSPS) is 11.8. The van der Waals surface area contributed by atoms with Crippen molar-refractivity contribution in [1.29, 1.82) is 0 Å². The number of azo groups is 1. The van der Waals surface area contributed by atoms with Gasteiger partial charge in [-0.05, 0) is 31.2 Å². The van der Waals surface area contributed by atoms with Gasteiger partial charge in [0.1, 0.15) is 11.4 Å². The Morgan fingerprint density at radius 2 is 1.79 bits per heavy atom. The molecule has 24 heavy (non-hydrogen) atoms. The summed E-state index contributed by atoms with van der Waals surface area (Å²) in [6.45, 7) is 1.88. The number of hydrogen-bond donors (Lipinski definition) is 1. The highest BCUT2D eigenvalue weighted by Gasteiger charge is 2.09. The molecule has 6 heteroatoms. The molecular weight excluding hydrogens is 324 g/mol. The fourth-order valence-electron chi connectivity index (χ4n) is 2.71. The van der Waals surface area contributed by atoms with Crippen LogP contribution < -0.4 is 0 Å². The summed E-state index contributed by atoms with van der Waals surface area (Å²) >= 11 is 6.06. The smallest absolute Gasteiger partial charge is 0.182 e. The zero-order valence-electron chi connectivity index (χ0n) is 12.8. The lowest BCUT2D eigenvalue weighted by molar-refractivity contribution is 0.481. The Hall–Kier alpha value is -2.92. The minimum atomic E-state index is 0.224. The van der Waals surface area contributed by atoms with Gasteiger partial charge in [0.2, 0.25) is 0 Å². The lowest BCUT2D eigenvalue weighted by Gasteiger charge is -2.03. The molecule has 0 aliphatic carbocycles. The van der Waals surface area contributed by atoms with E-state index in [4.69, 9.17) is 11.6 Å². The lowest BCUT2D eigenvalue weighted by atomic mass is 10.1. The zero-order valence-corrected chi connectivity index (χ0v) is 13.6. The average Bonchev–Trinajstić information content (AvgIpc) is 2.88. The van der Waals surface area contributed by atoms with E-state index >= 15 is 0 Å². The summed E-state index contributed by atoms with van der Waals surface area (Å²) in [6.07, 6.45) is 1.76. The average molecular weight is 337 g/mol. The molecule has 2 aromatic carbocycles. The summed E-state index contributed by atoms with van der Waals surface area (Å²) in [4.78, 5) is 4.45. The largest absolute Gasteiger partial charge is 0.507 e. The summed E-state index contributed by atoms with van der Waals surface area (Å²) in [5.74, 6) is 0.854. The number of nitrogens with zero attached hydrogens (tertiary/aromatic N) is 4. The second-order valence-electron chi connectivity index (χ2n) is 5.45. The highest BCUT2D eigenvalue weighted by molar-refractivity contribution is 6.30. The maximum Gasteiger partial charge on any atom is 0.182 e. The van der Waals surface area contributed by atoms with E-state index in [9.17, 15) is 5.11 Å². The van der Waals surface area contributed by atoms with Crippen molar-refractivity contribution in [3.63, 3.8) is 0 Å². The number of phenols is 1. The molecule has 4 rings (SSSR count). The fourth-order valence-corrected chi connectivity index (χ4v) is 2.87. The Kier molecular flexibility index (Phi) is 3.43. The monoisotopic (exact) mass is 336 g/mol. The second kappa shape index (κ2) is 5.62. The highest BCUT2D eigenvalue weighted by atomic mass is 35.5. The van der Waals surface area contributed by atoms with Gasteiger partial charge in [0, 0.05) is 17.0 Å². The van der Waals surface area contributed by atoms with Crippen LogP contribution in [0, 0.1) is 6.92 Å². The van der Waals surface area contributed by atoms with Gasteiger partial charge in [-0.1, -0.05) is 35.9 Å². The minimum Gasteiger partial charge on any atom is -0.507 e. The number of aromatic hydroxyl groups is 1. The Bertz CT molecular complexity index is 1100. The van der Waals surface area contributed by atoms with E-state index in [1.807, 2.05) is 41.7 Å². The van der Waals surface area contributed by atoms with Crippen LogP contribution in [0.4, 0.5) is 11.5 Å². The molecule has 0 saturated heterocycles. The molecule has 0 saturated carbocycles. The summed E-state index contributed by atoms with van der Waals surface area (Å²) in [5, 5.41) is 20.9. The number of fused-ring (bicyclic) bond motifs is 2. The second-order valence-corrected chi connectivity index (χ2v) is 5.88. The standard InChI is InChI=1S/C18H13ClN4O/c1-11-18(23-10-12(19)8-9-17(23)20-11)22-21-15-6-2-5-14-13(15)4-3-7-16(14)24/h2-10,24H,1H3. The molecule has 4 aromatic rings. The molecular formula is C18H13ClN4O. The molecule has 0 bridgehead atoms. The number of hydrogen-bond acceptors (Lipinski definition) is 4. The summed E-state index contributed by atoms with van der Waals surface area (Å²) in [5.41, 5.74) is 2.21. The van der Waals surface area contributed by atoms with Crippen molar-refractivity contribution in [1.82, 2.24) is 9.38 Å². The van der Waals surface area contributed by atoms with Crippen LogP contribution in [0.15, 0.2) is 65.0 Å². The summed E-state index contributed by atoms with van der Waals surface area (Å²) < 4.78 is 1.81. The minimum absolute atomic E-state index is 0.224. The van der Waals surface area contributed by atoms with Gasteiger partial charge in [-0.15, -0.1) is 10.2 Å². The first-order valence-corrected chi connectivity index (χ1v) is 7.78. The Labute approximate surface area is 142 Å².